The fourth-order valence-corrected chi connectivity index (χ4v) is 1.84. The van der Waals surface area contributed by atoms with E-state index in [-0.39, 0.29) is 13.0 Å². The van der Waals surface area contributed by atoms with Crippen molar-refractivity contribution in [1.29, 1.82) is 0 Å². The Morgan fingerprint density at radius 2 is 1.86 bits per heavy atom. The molecule has 0 aliphatic carbocycles. The van der Waals surface area contributed by atoms with E-state index >= 15 is 0 Å². The minimum absolute atomic E-state index is 0.129. The Labute approximate surface area is 131 Å². The molecule has 22 heavy (non-hydrogen) atoms. The number of esters is 2. The Kier molecular flexibility index (Phi) is 8.91. The van der Waals surface area contributed by atoms with Gasteiger partial charge in [0, 0.05) is 6.61 Å². The minimum atomic E-state index is -0.909. The zero-order valence-corrected chi connectivity index (χ0v) is 13.2. The number of hydrogen-bond acceptors (Lipinski definition) is 5. The highest BCUT2D eigenvalue weighted by Crippen LogP contribution is 2.08. The van der Waals surface area contributed by atoms with Crippen molar-refractivity contribution >= 4 is 11.9 Å². The molecular weight excluding hydrogens is 284 g/mol. The number of benzene rings is 1. The fraction of sp³-hybridized carbons (Fsp3) is 0.529. The van der Waals surface area contributed by atoms with Crippen LogP contribution >= 0.6 is 0 Å². The summed E-state index contributed by atoms with van der Waals surface area (Å²) in [5.74, 6) is -1.03. The summed E-state index contributed by atoms with van der Waals surface area (Å²) in [5.41, 5.74) is 0.888. The van der Waals surface area contributed by atoms with Gasteiger partial charge in [0.1, 0.15) is 6.61 Å². The lowest BCUT2D eigenvalue weighted by Gasteiger charge is -2.16. The first kappa shape index (κ1) is 18.2. The van der Waals surface area contributed by atoms with E-state index in [0.29, 0.717) is 6.61 Å². The molecule has 0 fully saturated rings. The predicted molar refractivity (Wildman–Crippen MR) is 82.1 cm³/mol. The third-order valence-electron chi connectivity index (χ3n) is 3.13. The van der Waals surface area contributed by atoms with Gasteiger partial charge < -0.3 is 14.2 Å². The van der Waals surface area contributed by atoms with Gasteiger partial charge in [-0.05, 0) is 12.0 Å². The van der Waals surface area contributed by atoms with Gasteiger partial charge in [0.15, 0.2) is 6.10 Å². The molecule has 1 atom stereocenters. The number of ether oxygens (including phenoxy) is 3. The number of rotatable bonds is 10. The van der Waals surface area contributed by atoms with Crippen molar-refractivity contribution in [3.63, 3.8) is 0 Å². The van der Waals surface area contributed by atoms with Crippen molar-refractivity contribution in [1.82, 2.24) is 0 Å². The van der Waals surface area contributed by atoms with Crippen molar-refractivity contribution in [2.75, 3.05) is 13.7 Å². The highest BCUT2D eigenvalue weighted by atomic mass is 16.6. The molecule has 0 N–H and O–H groups in total. The van der Waals surface area contributed by atoms with Crippen LogP contribution < -0.4 is 0 Å². The molecule has 1 aromatic rings. The van der Waals surface area contributed by atoms with Crippen LogP contribution in [0.1, 0.15) is 38.2 Å². The number of carbonyl (C=O) groups excluding carboxylic acids is 2. The van der Waals surface area contributed by atoms with Crippen LogP contribution in [0.4, 0.5) is 0 Å². The average molecular weight is 308 g/mol. The monoisotopic (exact) mass is 308 g/mol. The SMILES string of the molecule is CCCCCO[C@H](CC(=O)OC)C(=O)OCc1ccccc1. The molecule has 0 radical (unpaired) electrons. The van der Waals surface area contributed by atoms with Crippen LogP contribution in [0.3, 0.4) is 0 Å². The molecule has 122 valence electrons. The smallest absolute Gasteiger partial charge is 0.336 e. The summed E-state index contributed by atoms with van der Waals surface area (Å²) in [6.45, 7) is 2.67. The first-order chi connectivity index (χ1) is 10.7. The molecular formula is C17H24O5. The Bertz CT molecular complexity index is 444. The maximum atomic E-state index is 12.1. The second-order valence-electron chi connectivity index (χ2n) is 4.94. The van der Waals surface area contributed by atoms with E-state index in [0.717, 1.165) is 24.8 Å². The standard InChI is InChI=1S/C17H24O5/c1-3-4-8-11-21-15(12-16(18)20-2)17(19)22-13-14-9-6-5-7-10-14/h5-7,9-10,15H,3-4,8,11-13H2,1-2H3/t15-/m1/s1. The Hall–Kier alpha value is -1.88. The highest BCUT2D eigenvalue weighted by molar-refractivity contribution is 5.81. The Balaban J connectivity index is 2.48. The maximum absolute atomic E-state index is 12.1. The number of methoxy groups -OCH3 is 1. The molecule has 5 nitrogen and oxygen atoms in total. The van der Waals surface area contributed by atoms with E-state index < -0.39 is 18.0 Å². The fourth-order valence-electron chi connectivity index (χ4n) is 1.84. The van der Waals surface area contributed by atoms with Gasteiger partial charge in [-0.25, -0.2) is 4.79 Å². The van der Waals surface area contributed by atoms with E-state index in [4.69, 9.17) is 9.47 Å². The summed E-state index contributed by atoms with van der Waals surface area (Å²) in [7, 11) is 1.28. The summed E-state index contributed by atoms with van der Waals surface area (Å²) < 4.78 is 15.3. The van der Waals surface area contributed by atoms with Gasteiger partial charge >= 0.3 is 11.9 Å². The largest absolute Gasteiger partial charge is 0.469 e. The molecule has 0 aromatic heterocycles. The van der Waals surface area contributed by atoms with E-state index in [1.165, 1.54) is 7.11 Å². The van der Waals surface area contributed by atoms with Crippen LogP contribution in [0, 0.1) is 0 Å². The Morgan fingerprint density at radius 1 is 1.14 bits per heavy atom. The van der Waals surface area contributed by atoms with Gasteiger partial charge in [-0.3, -0.25) is 4.79 Å². The molecule has 0 aliphatic heterocycles. The topological polar surface area (TPSA) is 61.8 Å². The summed E-state index contributed by atoms with van der Waals surface area (Å²) in [5, 5.41) is 0. The molecule has 5 heteroatoms. The van der Waals surface area contributed by atoms with E-state index in [2.05, 4.69) is 11.7 Å². The second-order valence-corrected chi connectivity index (χ2v) is 4.94. The van der Waals surface area contributed by atoms with Crippen molar-refractivity contribution < 1.29 is 23.8 Å². The summed E-state index contributed by atoms with van der Waals surface area (Å²) >= 11 is 0. The third-order valence-corrected chi connectivity index (χ3v) is 3.13. The molecule has 0 bridgehead atoms. The quantitative estimate of drug-likeness (QED) is 0.491. The van der Waals surface area contributed by atoms with E-state index in [9.17, 15) is 9.59 Å². The first-order valence-electron chi connectivity index (χ1n) is 7.56. The lowest BCUT2D eigenvalue weighted by Crippen LogP contribution is -2.30. The third kappa shape index (κ3) is 7.22. The molecule has 1 aromatic carbocycles. The van der Waals surface area contributed by atoms with Gasteiger partial charge in [-0.15, -0.1) is 0 Å². The van der Waals surface area contributed by atoms with Crippen LogP contribution in [-0.4, -0.2) is 31.8 Å². The first-order valence-corrected chi connectivity index (χ1v) is 7.56. The van der Waals surface area contributed by atoms with Crippen molar-refractivity contribution in [3.8, 4) is 0 Å². The summed E-state index contributed by atoms with van der Waals surface area (Å²) in [4.78, 5) is 23.5. The molecule has 1 rings (SSSR count). The van der Waals surface area contributed by atoms with E-state index in [1.807, 2.05) is 30.3 Å². The van der Waals surface area contributed by atoms with Crippen LogP contribution in [0.5, 0.6) is 0 Å². The summed E-state index contributed by atoms with van der Waals surface area (Å²) in [6, 6.07) is 9.37. The molecule has 0 spiro atoms. The van der Waals surface area contributed by atoms with Gasteiger partial charge in [0.25, 0.3) is 0 Å². The molecule has 0 amide bonds. The lowest BCUT2D eigenvalue weighted by molar-refractivity contribution is -0.164. The van der Waals surface area contributed by atoms with Gasteiger partial charge in [-0.1, -0.05) is 50.1 Å². The van der Waals surface area contributed by atoms with Gasteiger partial charge in [0.2, 0.25) is 0 Å². The average Bonchev–Trinajstić information content (AvgIpc) is 2.56. The van der Waals surface area contributed by atoms with Gasteiger partial charge in [-0.2, -0.15) is 0 Å². The van der Waals surface area contributed by atoms with Crippen LogP contribution in [-0.2, 0) is 30.4 Å². The van der Waals surface area contributed by atoms with Crippen molar-refractivity contribution in [2.24, 2.45) is 0 Å². The number of unbranched alkanes of at least 4 members (excludes halogenated alkanes) is 2. The summed E-state index contributed by atoms with van der Waals surface area (Å²) in [6.07, 6.45) is 1.89. The predicted octanol–water partition coefficient (Wildman–Crippen LogP) is 2.87. The molecule has 0 saturated carbocycles. The number of carbonyl (C=O) groups is 2. The van der Waals surface area contributed by atoms with Gasteiger partial charge in [0.05, 0.1) is 13.5 Å². The second kappa shape index (κ2) is 10.8. The molecule has 0 heterocycles. The highest BCUT2D eigenvalue weighted by Gasteiger charge is 2.24. The molecule has 0 aliphatic rings. The molecule has 0 saturated heterocycles. The lowest BCUT2D eigenvalue weighted by atomic mass is 10.2. The molecule has 0 unspecified atom stereocenters. The maximum Gasteiger partial charge on any atom is 0.336 e. The Morgan fingerprint density at radius 3 is 2.50 bits per heavy atom. The van der Waals surface area contributed by atoms with Crippen molar-refractivity contribution in [3.05, 3.63) is 35.9 Å². The number of hydrogen-bond donors (Lipinski definition) is 0. The minimum Gasteiger partial charge on any atom is -0.469 e. The zero-order chi connectivity index (χ0) is 16.2. The van der Waals surface area contributed by atoms with E-state index in [1.54, 1.807) is 0 Å². The van der Waals surface area contributed by atoms with Crippen LogP contribution in [0.2, 0.25) is 0 Å². The van der Waals surface area contributed by atoms with Crippen LogP contribution in [0.25, 0.3) is 0 Å². The normalized spacial score (nSPS) is 11.7. The zero-order valence-electron chi connectivity index (χ0n) is 13.2. The van der Waals surface area contributed by atoms with Crippen LogP contribution in [0.15, 0.2) is 30.3 Å². The van der Waals surface area contributed by atoms with Crippen molar-refractivity contribution in [2.45, 2.75) is 45.3 Å².